The Morgan fingerprint density at radius 3 is 2.35 bits per heavy atom. The van der Waals surface area contributed by atoms with Crippen LogP contribution in [0.2, 0.25) is 0 Å². The Morgan fingerprint density at radius 1 is 0.946 bits per heavy atom. The number of ether oxygens (including phenoxy) is 3. The van der Waals surface area contributed by atoms with Gasteiger partial charge in [-0.15, -0.1) is 0 Å². The first-order chi connectivity index (χ1) is 17.6. The van der Waals surface area contributed by atoms with E-state index in [1.54, 1.807) is 30.3 Å². The second kappa shape index (κ2) is 9.20. The predicted octanol–water partition coefficient (Wildman–Crippen LogP) is 4.12. The fourth-order valence-electron chi connectivity index (χ4n) is 4.54. The standard InChI is InChI=1S/C29H25NO7/c1-16(36-24(31)15-35-23-10-6-7-17-14-29(2,3)37-27(17)23)28(34)30-18-11-12-21-22(13-18)26(33)20-9-5-4-8-19(20)25(21)32/h4-13,16H,14-15H2,1-3H3,(H,30,34). The molecule has 1 atom stereocenters. The van der Waals surface area contributed by atoms with Crippen LogP contribution < -0.4 is 14.8 Å². The van der Waals surface area contributed by atoms with E-state index >= 15 is 0 Å². The van der Waals surface area contributed by atoms with Gasteiger partial charge in [0.1, 0.15) is 5.60 Å². The predicted molar refractivity (Wildman–Crippen MR) is 134 cm³/mol. The minimum Gasteiger partial charge on any atom is -0.483 e. The average Bonchev–Trinajstić information content (AvgIpc) is 3.20. The Labute approximate surface area is 213 Å². The third kappa shape index (κ3) is 4.70. The highest BCUT2D eigenvalue weighted by Gasteiger charge is 2.33. The second-order valence-electron chi connectivity index (χ2n) is 9.66. The van der Waals surface area contributed by atoms with E-state index in [2.05, 4.69) is 5.32 Å². The van der Waals surface area contributed by atoms with Gasteiger partial charge in [0.25, 0.3) is 5.91 Å². The molecule has 8 nitrogen and oxygen atoms in total. The molecule has 0 fully saturated rings. The van der Waals surface area contributed by atoms with Gasteiger partial charge >= 0.3 is 5.97 Å². The van der Waals surface area contributed by atoms with Crippen LogP contribution in [0.3, 0.4) is 0 Å². The lowest BCUT2D eigenvalue weighted by Gasteiger charge is -2.19. The van der Waals surface area contributed by atoms with E-state index in [0.717, 1.165) is 12.0 Å². The van der Waals surface area contributed by atoms with Crippen LogP contribution in [0.4, 0.5) is 5.69 Å². The molecule has 0 spiro atoms. The van der Waals surface area contributed by atoms with Crippen molar-refractivity contribution in [2.45, 2.75) is 38.9 Å². The van der Waals surface area contributed by atoms with Crippen molar-refractivity contribution in [3.8, 4) is 11.5 Å². The fraction of sp³-hybridized carbons (Fsp3) is 0.241. The number of anilines is 1. The van der Waals surface area contributed by atoms with E-state index in [-0.39, 0.29) is 28.3 Å². The number of nitrogens with one attached hydrogen (secondary N) is 1. The zero-order valence-electron chi connectivity index (χ0n) is 20.6. The van der Waals surface area contributed by atoms with Crippen molar-refractivity contribution >= 4 is 29.1 Å². The minimum atomic E-state index is -1.12. The molecule has 1 aliphatic heterocycles. The molecule has 8 heteroatoms. The van der Waals surface area contributed by atoms with Crippen molar-refractivity contribution in [2.24, 2.45) is 0 Å². The fourth-order valence-corrected chi connectivity index (χ4v) is 4.54. The van der Waals surface area contributed by atoms with Crippen LogP contribution in [0.15, 0.2) is 60.7 Å². The molecule has 3 aromatic rings. The van der Waals surface area contributed by atoms with E-state index in [4.69, 9.17) is 14.2 Å². The molecule has 188 valence electrons. The number of ketones is 2. The van der Waals surface area contributed by atoms with Gasteiger partial charge in [0.2, 0.25) is 0 Å². The number of hydrogen-bond acceptors (Lipinski definition) is 7. The summed E-state index contributed by atoms with van der Waals surface area (Å²) in [5, 5.41) is 2.63. The maximum atomic E-state index is 12.9. The topological polar surface area (TPSA) is 108 Å². The summed E-state index contributed by atoms with van der Waals surface area (Å²) in [4.78, 5) is 50.7. The van der Waals surface area contributed by atoms with E-state index < -0.39 is 24.6 Å². The van der Waals surface area contributed by atoms with Gasteiger partial charge in [-0.05, 0) is 45.0 Å². The van der Waals surface area contributed by atoms with E-state index in [0.29, 0.717) is 28.3 Å². The Morgan fingerprint density at radius 2 is 1.62 bits per heavy atom. The zero-order valence-corrected chi connectivity index (χ0v) is 20.6. The summed E-state index contributed by atoms with van der Waals surface area (Å²) in [7, 11) is 0. The molecule has 0 saturated carbocycles. The molecular weight excluding hydrogens is 474 g/mol. The van der Waals surface area contributed by atoms with Crippen LogP contribution in [0, 0.1) is 0 Å². The van der Waals surface area contributed by atoms with Crippen molar-refractivity contribution < 1.29 is 33.4 Å². The Kier molecular flexibility index (Phi) is 6.03. The van der Waals surface area contributed by atoms with Crippen LogP contribution in [0.1, 0.15) is 58.2 Å². The third-order valence-corrected chi connectivity index (χ3v) is 6.27. The largest absolute Gasteiger partial charge is 0.483 e. The molecule has 0 bridgehead atoms. The summed E-state index contributed by atoms with van der Waals surface area (Å²) in [6, 6.07) is 16.6. The zero-order chi connectivity index (χ0) is 26.3. The molecule has 1 heterocycles. The molecule has 3 aromatic carbocycles. The minimum absolute atomic E-state index is 0.209. The number of hydrogen-bond donors (Lipinski definition) is 1. The number of carbonyl (C=O) groups excluding carboxylic acids is 4. The molecule has 0 radical (unpaired) electrons. The molecule has 1 aliphatic carbocycles. The Bertz CT molecular complexity index is 1460. The molecular formula is C29H25NO7. The second-order valence-corrected chi connectivity index (χ2v) is 9.66. The van der Waals surface area contributed by atoms with Crippen molar-refractivity contribution in [1.82, 2.24) is 0 Å². The first-order valence-corrected chi connectivity index (χ1v) is 11.9. The molecule has 1 unspecified atom stereocenters. The maximum absolute atomic E-state index is 12.9. The lowest BCUT2D eigenvalue weighted by atomic mass is 9.84. The highest BCUT2D eigenvalue weighted by Crippen LogP contribution is 2.41. The Balaban J connectivity index is 1.20. The van der Waals surface area contributed by atoms with Crippen LogP contribution in [-0.4, -0.2) is 41.8 Å². The quantitative estimate of drug-likeness (QED) is 0.398. The Hall–Kier alpha value is -4.46. The first kappa shape index (κ1) is 24.2. The van der Waals surface area contributed by atoms with E-state index in [1.807, 2.05) is 26.0 Å². The molecule has 0 aromatic heterocycles. The number of amides is 1. The first-order valence-electron chi connectivity index (χ1n) is 11.9. The van der Waals surface area contributed by atoms with Gasteiger partial charge in [-0.1, -0.05) is 36.4 Å². The number of fused-ring (bicyclic) bond motifs is 3. The van der Waals surface area contributed by atoms with Gasteiger partial charge in [-0.25, -0.2) is 4.79 Å². The van der Waals surface area contributed by atoms with Gasteiger partial charge in [0.05, 0.1) is 0 Å². The van der Waals surface area contributed by atoms with Crippen LogP contribution in [-0.2, 0) is 20.7 Å². The summed E-state index contributed by atoms with van der Waals surface area (Å²) in [5.41, 5.74) is 2.12. The average molecular weight is 500 g/mol. The van der Waals surface area contributed by atoms with Gasteiger partial charge in [0, 0.05) is 39.9 Å². The number of para-hydroxylation sites is 1. The van der Waals surface area contributed by atoms with E-state index in [1.165, 1.54) is 25.1 Å². The monoisotopic (exact) mass is 499 g/mol. The smallest absolute Gasteiger partial charge is 0.344 e. The highest BCUT2D eigenvalue weighted by molar-refractivity contribution is 6.28. The molecule has 5 rings (SSSR count). The maximum Gasteiger partial charge on any atom is 0.344 e. The molecule has 0 saturated heterocycles. The van der Waals surface area contributed by atoms with Crippen molar-refractivity contribution in [1.29, 1.82) is 0 Å². The van der Waals surface area contributed by atoms with Gasteiger partial charge in [0.15, 0.2) is 35.8 Å². The summed E-state index contributed by atoms with van der Waals surface area (Å²) in [6.07, 6.45) is -0.391. The molecule has 37 heavy (non-hydrogen) atoms. The molecule has 1 amide bonds. The molecule has 2 aliphatic rings. The number of rotatable bonds is 6. The SMILES string of the molecule is CC(OC(=O)COc1cccc2c1OC(C)(C)C2)C(=O)Nc1ccc2c(c1)C(=O)c1ccccc1C2=O. The van der Waals surface area contributed by atoms with Crippen molar-refractivity contribution in [3.05, 3.63) is 88.5 Å². The van der Waals surface area contributed by atoms with Crippen LogP contribution in [0.5, 0.6) is 11.5 Å². The summed E-state index contributed by atoms with van der Waals surface area (Å²) >= 11 is 0. The van der Waals surface area contributed by atoms with Gasteiger partial charge in [-0.3, -0.25) is 14.4 Å². The highest BCUT2D eigenvalue weighted by atomic mass is 16.6. The van der Waals surface area contributed by atoms with E-state index in [9.17, 15) is 19.2 Å². The third-order valence-electron chi connectivity index (χ3n) is 6.27. The lowest BCUT2D eigenvalue weighted by molar-refractivity contribution is -0.155. The normalized spacial score (nSPS) is 15.5. The van der Waals surface area contributed by atoms with Gasteiger partial charge < -0.3 is 19.5 Å². The molecule has 1 N–H and O–H groups in total. The number of benzene rings is 3. The number of carbonyl (C=O) groups is 4. The summed E-state index contributed by atoms with van der Waals surface area (Å²) in [6.45, 7) is 4.98. The summed E-state index contributed by atoms with van der Waals surface area (Å²) in [5.74, 6) is -0.809. The van der Waals surface area contributed by atoms with Crippen LogP contribution in [0.25, 0.3) is 0 Å². The number of esters is 1. The lowest BCUT2D eigenvalue weighted by Crippen LogP contribution is -2.32. The van der Waals surface area contributed by atoms with Crippen LogP contribution >= 0.6 is 0 Å². The van der Waals surface area contributed by atoms with Crippen molar-refractivity contribution in [2.75, 3.05) is 11.9 Å². The summed E-state index contributed by atoms with van der Waals surface area (Å²) < 4.78 is 16.8. The van der Waals surface area contributed by atoms with Crippen molar-refractivity contribution in [3.63, 3.8) is 0 Å². The van der Waals surface area contributed by atoms with Gasteiger partial charge in [-0.2, -0.15) is 0 Å².